The summed E-state index contributed by atoms with van der Waals surface area (Å²) >= 11 is 6.06. The van der Waals surface area contributed by atoms with E-state index < -0.39 is 0 Å². The van der Waals surface area contributed by atoms with Crippen molar-refractivity contribution in [2.24, 2.45) is 0 Å². The summed E-state index contributed by atoms with van der Waals surface area (Å²) in [6.07, 6.45) is 0. The van der Waals surface area contributed by atoms with Gasteiger partial charge in [-0.15, -0.1) is 0 Å². The van der Waals surface area contributed by atoms with Gasteiger partial charge in [0.1, 0.15) is 5.75 Å². The second-order valence-electron chi connectivity index (χ2n) is 6.42. The number of para-hydroxylation sites is 1. The highest BCUT2D eigenvalue weighted by Crippen LogP contribution is 2.25. The highest BCUT2D eigenvalue weighted by Gasteiger charge is 2.18. The van der Waals surface area contributed by atoms with Crippen LogP contribution in [-0.4, -0.2) is 37.0 Å². The Morgan fingerprint density at radius 1 is 1.19 bits per heavy atom. The summed E-state index contributed by atoms with van der Waals surface area (Å²) in [6, 6.07) is 11.8. The maximum atomic E-state index is 12.9. The number of carbonyl (C=O) groups is 2. The Hall–Kier alpha value is -2.73. The maximum Gasteiger partial charge on any atom is 0.319 e. The van der Waals surface area contributed by atoms with Crippen molar-refractivity contribution in [3.05, 3.63) is 58.6 Å². The van der Waals surface area contributed by atoms with Crippen LogP contribution in [0.1, 0.15) is 29.8 Å². The lowest BCUT2D eigenvalue weighted by molar-refractivity contribution is 0.0785. The van der Waals surface area contributed by atoms with Gasteiger partial charge in [-0.25, -0.2) is 4.79 Å². The van der Waals surface area contributed by atoms with Crippen molar-refractivity contribution in [3.63, 3.8) is 0 Å². The number of carbonyl (C=O) groups excluding carboxylic acids is 2. The van der Waals surface area contributed by atoms with E-state index in [9.17, 15) is 9.59 Å². The maximum absolute atomic E-state index is 12.9. The molecule has 0 radical (unpaired) electrons. The summed E-state index contributed by atoms with van der Waals surface area (Å²) in [6.45, 7) is 4.04. The largest absolute Gasteiger partial charge is 0.496 e. The second kappa shape index (κ2) is 9.28. The predicted molar refractivity (Wildman–Crippen MR) is 108 cm³/mol. The molecule has 2 aromatic carbocycles. The second-order valence-corrected chi connectivity index (χ2v) is 6.85. The van der Waals surface area contributed by atoms with Gasteiger partial charge in [-0.2, -0.15) is 0 Å². The third kappa shape index (κ3) is 5.62. The lowest BCUT2D eigenvalue weighted by Gasteiger charge is -2.21. The Morgan fingerprint density at radius 2 is 1.89 bits per heavy atom. The molecule has 3 amide bonds. The lowest BCUT2D eigenvalue weighted by Crippen LogP contribution is -2.35. The minimum absolute atomic E-state index is 0.00849. The Kier molecular flexibility index (Phi) is 7.07. The van der Waals surface area contributed by atoms with E-state index in [4.69, 9.17) is 16.3 Å². The SMILES string of the molecule is COc1ccc(Cl)cc1CN(C)C(=O)c1ccccc1NC(=O)NC(C)C. The molecular formula is C20H24ClN3O3. The van der Waals surface area contributed by atoms with Crippen LogP contribution in [0.5, 0.6) is 5.75 Å². The first kappa shape index (κ1) is 20.6. The monoisotopic (exact) mass is 389 g/mol. The van der Waals surface area contributed by atoms with Crippen LogP contribution in [0.4, 0.5) is 10.5 Å². The molecule has 0 aromatic heterocycles. The number of ether oxygens (including phenoxy) is 1. The van der Waals surface area contributed by atoms with Crippen molar-refractivity contribution in [1.82, 2.24) is 10.2 Å². The molecule has 0 saturated heterocycles. The third-order valence-corrected chi connectivity index (χ3v) is 4.06. The van der Waals surface area contributed by atoms with Crippen LogP contribution < -0.4 is 15.4 Å². The van der Waals surface area contributed by atoms with E-state index in [1.165, 1.54) is 0 Å². The molecule has 0 aliphatic carbocycles. The van der Waals surface area contributed by atoms with Crippen LogP contribution in [0.25, 0.3) is 0 Å². The highest BCUT2D eigenvalue weighted by atomic mass is 35.5. The van der Waals surface area contributed by atoms with E-state index in [0.29, 0.717) is 28.6 Å². The number of urea groups is 1. The number of methoxy groups -OCH3 is 1. The van der Waals surface area contributed by atoms with Crippen LogP contribution in [0.3, 0.4) is 0 Å². The molecule has 2 aromatic rings. The predicted octanol–water partition coefficient (Wildman–Crippen LogP) is 4.15. The Balaban J connectivity index is 2.20. The van der Waals surface area contributed by atoms with Gasteiger partial charge in [-0.1, -0.05) is 23.7 Å². The van der Waals surface area contributed by atoms with Crippen molar-refractivity contribution in [2.45, 2.75) is 26.4 Å². The van der Waals surface area contributed by atoms with E-state index in [1.807, 2.05) is 13.8 Å². The zero-order valence-corrected chi connectivity index (χ0v) is 16.6. The number of nitrogens with zero attached hydrogens (tertiary/aromatic N) is 1. The molecule has 144 valence electrons. The summed E-state index contributed by atoms with van der Waals surface area (Å²) in [5, 5.41) is 6.04. The first-order valence-electron chi connectivity index (χ1n) is 8.56. The Labute approximate surface area is 164 Å². The van der Waals surface area contributed by atoms with Gasteiger partial charge < -0.3 is 20.3 Å². The van der Waals surface area contributed by atoms with Crippen molar-refractivity contribution in [1.29, 1.82) is 0 Å². The molecule has 0 aliphatic heterocycles. The average Bonchev–Trinajstić information content (AvgIpc) is 2.61. The molecule has 0 saturated carbocycles. The van der Waals surface area contributed by atoms with Crippen molar-refractivity contribution in [3.8, 4) is 5.75 Å². The van der Waals surface area contributed by atoms with Gasteiger partial charge in [-0.05, 0) is 44.2 Å². The van der Waals surface area contributed by atoms with Crippen LogP contribution in [0.2, 0.25) is 5.02 Å². The van der Waals surface area contributed by atoms with Crippen molar-refractivity contribution in [2.75, 3.05) is 19.5 Å². The smallest absolute Gasteiger partial charge is 0.319 e. The van der Waals surface area contributed by atoms with E-state index in [2.05, 4.69) is 10.6 Å². The number of rotatable bonds is 6. The van der Waals surface area contributed by atoms with Gasteiger partial charge in [0.2, 0.25) is 0 Å². The molecular weight excluding hydrogens is 366 g/mol. The molecule has 0 atom stereocenters. The minimum atomic E-state index is -0.357. The number of hydrogen-bond donors (Lipinski definition) is 2. The lowest BCUT2D eigenvalue weighted by atomic mass is 10.1. The van der Waals surface area contributed by atoms with Crippen molar-refractivity contribution >= 4 is 29.2 Å². The van der Waals surface area contributed by atoms with Gasteiger partial charge >= 0.3 is 6.03 Å². The topological polar surface area (TPSA) is 70.7 Å². The normalized spacial score (nSPS) is 10.4. The van der Waals surface area contributed by atoms with Crippen molar-refractivity contribution < 1.29 is 14.3 Å². The van der Waals surface area contributed by atoms with Gasteiger partial charge in [0.05, 0.1) is 18.4 Å². The highest BCUT2D eigenvalue weighted by molar-refractivity contribution is 6.30. The molecule has 7 heteroatoms. The van der Waals surface area contributed by atoms with Gasteiger partial charge in [0.15, 0.2) is 0 Å². The third-order valence-electron chi connectivity index (χ3n) is 3.82. The average molecular weight is 390 g/mol. The quantitative estimate of drug-likeness (QED) is 0.779. The van der Waals surface area contributed by atoms with Crippen LogP contribution >= 0.6 is 11.6 Å². The molecule has 2 N–H and O–H groups in total. The van der Waals surface area contributed by atoms with Gasteiger partial charge in [0, 0.05) is 30.2 Å². The molecule has 0 bridgehead atoms. The van der Waals surface area contributed by atoms with E-state index in [-0.39, 0.29) is 18.0 Å². The number of halogens is 1. The number of benzene rings is 2. The summed E-state index contributed by atoms with van der Waals surface area (Å²) in [5.74, 6) is 0.430. The summed E-state index contributed by atoms with van der Waals surface area (Å²) in [5.41, 5.74) is 1.65. The standard InChI is InChI=1S/C20H24ClN3O3/c1-13(2)22-20(26)23-17-8-6-5-7-16(17)19(25)24(3)12-14-11-15(21)9-10-18(14)27-4/h5-11,13H,12H2,1-4H3,(H2,22,23,26). The number of hydrogen-bond acceptors (Lipinski definition) is 3. The van der Waals surface area contributed by atoms with Crippen LogP contribution in [-0.2, 0) is 6.54 Å². The number of amides is 3. The van der Waals surface area contributed by atoms with Gasteiger partial charge in [0.25, 0.3) is 5.91 Å². The van der Waals surface area contributed by atoms with E-state index >= 15 is 0 Å². The molecule has 27 heavy (non-hydrogen) atoms. The molecule has 0 spiro atoms. The van der Waals surface area contributed by atoms with Gasteiger partial charge in [-0.3, -0.25) is 4.79 Å². The molecule has 0 heterocycles. The number of nitrogens with one attached hydrogen (secondary N) is 2. The Morgan fingerprint density at radius 3 is 2.56 bits per heavy atom. The molecule has 6 nitrogen and oxygen atoms in total. The zero-order chi connectivity index (χ0) is 20.0. The molecule has 0 fully saturated rings. The summed E-state index contributed by atoms with van der Waals surface area (Å²) in [7, 11) is 3.26. The summed E-state index contributed by atoms with van der Waals surface area (Å²) < 4.78 is 5.34. The fraction of sp³-hybridized carbons (Fsp3) is 0.300. The number of anilines is 1. The van der Waals surface area contributed by atoms with E-state index in [0.717, 1.165) is 5.56 Å². The Bertz CT molecular complexity index is 824. The van der Waals surface area contributed by atoms with Crippen LogP contribution in [0, 0.1) is 0 Å². The first-order valence-corrected chi connectivity index (χ1v) is 8.94. The summed E-state index contributed by atoms with van der Waals surface area (Å²) in [4.78, 5) is 26.5. The first-order chi connectivity index (χ1) is 12.8. The fourth-order valence-corrected chi connectivity index (χ4v) is 2.80. The van der Waals surface area contributed by atoms with E-state index in [1.54, 1.807) is 61.5 Å². The molecule has 2 rings (SSSR count). The molecule has 0 aliphatic rings. The fourth-order valence-electron chi connectivity index (χ4n) is 2.60. The minimum Gasteiger partial charge on any atom is -0.496 e. The zero-order valence-electron chi connectivity index (χ0n) is 15.9. The molecule has 0 unspecified atom stereocenters. The van der Waals surface area contributed by atoms with Crippen LogP contribution in [0.15, 0.2) is 42.5 Å².